The summed E-state index contributed by atoms with van der Waals surface area (Å²) in [6.45, 7) is 1.58. The second-order valence-electron chi connectivity index (χ2n) is 6.13. The van der Waals surface area contributed by atoms with Gasteiger partial charge in [-0.1, -0.05) is 0 Å². The molecule has 1 aliphatic heterocycles. The van der Waals surface area contributed by atoms with Crippen LogP contribution in [-0.2, 0) is 0 Å². The Balaban J connectivity index is 1.78. The third-order valence-electron chi connectivity index (χ3n) is 4.40. The molecule has 1 aliphatic rings. The Labute approximate surface area is 146 Å². The van der Waals surface area contributed by atoms with Crippen LogP contribution < -0.4 is 4.90 Å². The van der Waals surface area contributed by atoms with Crippen LogP contribution in [0.3, 0.4) is 0 Å². The van der Waals surface area contributed by atoms with Crippen molar-refractivity contribution in [3.63, 3.8) is 0 Å². The van der Waals surface area contributed by atoms with Crippen LogP contribution in [0.25, 0.3) is 22.6 Å². The fourth-order valence-electron chi connectivity index (χ4n) is 2.98. The number of piperidine rings is 1. The van der Waals surface area contributed by atoms with Crippen LogP contribution in [0.2, 0.25) is 0 Å². The summed E-state index contributed by atoms with van der Waals surface area (Å²) < 4.78 is 0. The molecule has 0 aliphatic carbocycles. The van der Waals surface area contributed by atoms with E-state index in [1.165, 1.54) is 0 Å². The minimum absolute atomic E-state index is 0.212. The van der Waals surface area contributed by atoms with Crippen LogP contribution in [-0.4, -0.2) is 44.2 Å². The summed E-state index contributed by atoms with van der Waals surface area (Å²) in [6, 6.07) is 9.72. The summed E-state index contributed by atoms with van der Waals surface area (Å²) >= 11 is 0. The summed E-state index contributed by atoms with van der Waals surface area (Å²) in [5.41, 5.74) is 2.73. The van der Waals surface area contributed by atoms with Gasteiger partial charge in [0.1, 0.15) is 5.82 Å². The van der Waals surface area contributed by atoms with Gasteiger partial charge in [-0.15, -0.1) is 0 Å². The zero-order chi connectivity index (χ0) is 17.1. The van der Waals surface area contributed by atoms with Crippen molar-refractivity contribution >= 4 is 5.82 Å². The SMILES string of the molecule is OC1CCN(c2cc(-c3cccnc3)nc(-c3ccncc3)n2)CC1. The standard InChI is InChI=1S/C19H19N5O/c25-16-5-10-24(11-6-16)18-12-17(15-2-1-7-21-13-15)22-19(23-18)14-3-8-20-9-4-14/h1-4,7-9,12-13,16,25H,5-6,10-11H2. The predicted octanol–water partition coefficient (Wildman–Crippen LogP) is 2.56. The number of rotatable bonds is 3. The first-order valence-corrected chi connectivity index (χ1v) is 8.42. The van der Waals surface area contributed by atoms with Crippen molar-refractivity contribution in [1.82, 2.24) is 19.9 Å². The lowest BCUT2D eigenvalue weighted by Crippen LogP contribution is -2.36. The number of aliphatic hydroxyl groups is 1. The summed E-state index contributed by atoms with van der Waals surface area (Å²) in [5, 5.41) is 9.76. The van der Waals surface area contributed by atoms with Crippen molar-refractivity contribution in [2.45, 2.75) is 18.9 Å². The van der Waals surface area contributed by atoms with E-state index in [2.05, 4.69) is 14.9 Å². The minimum atomic E-state index is -0.212. The van der Waals surface area contributed by atoms with Crippen LogP contribution in [0.15, 0.2) is 55.1 Å². The molecule has 6 nitrogen and oxygen atoms in total. The maximum absolute atomic E-state index is 9.76. The van der Waals surface area contributed by atoms with Gasteiger partial charge in [0.05, 0.1) is 11.8 Å². The number of hydrogen-bond donors (Lipinski definition) is 1. The van der Waals surface area contributed by atoms with Gasteiger partial charge >= 0.3 is 0 Å². The summed E-state index contributed by atoms with van der Waals surface area (Å²) in [5.74, 6) is 1.55. The Morgan fingerprint density at radius 1 is 0.920 bits per heavy atom. The predicted molar refractivity (Wildman–Crippen MR) is 95.9 cm³/mol. The molecule has 126 valence electrons. The fraction of sp³-hybridized carbons (Fsp3) is 0.263. The van der Waals surface area contributed by atoms with Crippen molar-refractivity contribution < 1.29 is 5.11 Å². The summed E-state index contributed by atoms with van der Waals surface area (Å²) in [6.07, 6.45) is 8.35. The highest BCUT2D eigenvalue weighted by atomic mass is 16.3. The van der Waals surface area contributed by atoms with Crippen LogP contribution in [0.5, 0.6) is 0 Å². The van der Waals surface area contributed by atoms with Crippen molar-refractivity contribution in [2.24, 2.45) is 0 Å². The second-order valence-corrected chi connectivity index (χ2v) is 6.13. The number of hydrogen-bond acceptors (Lipinski definition) is 6. The highest BCUT2D eigenvalue weighted by Gasteiger charge is 2.20. The maximum Gasteiger partial charge on any atom is 0.162 e. The zero-order valence-electron chi connectivity index (χ0n) is 13.8. The van der Waals surface area contributed by atoms with Crippen molar-refractivity contribution in [3.8, 4) is 22.6 Å². The molecule has 0 bridgehead atoms. The Morgan fingerprint density at radius 3 is 2.44 bits per heavy atom. The van der Waals surface area contributed by atoms with Gasteiger partial charge in [-0.05, 0) is 37.1 Å². The van der Waals surface area contributed by atoms with E-state index in [1.54, 1.807) is 18.6 Å². The number of aromatic nitrogens is 4. The molecule has 3 aromatic heterocycles. The van der Waals surface area contributed by atoms with E-state index in [1.807, 2.05) is 36.5 Å². The molecule has 1 fully saturated rings. The molecule has 25 heavy (non-hydrogen) atoms. The van der Waals surface area contributed by atoms with Gasteiger partial charge in [0, 0.05) is 55.1 Å². The Morgan fingerprint density at radius 2 is 1.72 bits per heavy atom. The number of nitrogens with zero attached hydrogens (tertiary/aromatic N) is 5. The first-order valence-electron chi connectivity index (χ1n) is 8.42. The van der Waals surface area contributed by atoms with Crippen molar-refractivity contribution in [2.75, 3.05) is 18.0 Å². The lowest BCUT2D eigenvalue weighted by Gasteiger charge is -2.30. The average molecular weight is 333 g/mol. The first kappa shape index (κ1) is 15.7. The van der Waals surface area contributed by atoms with E-state index in [0.29, 0.717) is 5.82 Å². The lowest BCUT2D eigenvalue weighted by atomic mass is 10.1. The summed E-state index contributed by atoms with van der Waals surface area (Å²) in [4.78, 5) is 20.0. The van der Waals surface area contributed by atoms with Crippen molar-refractivity contribution in [3.05, 3.63) is 55.1 Å². The molecule has 0 amide bonds. The number of pyridine rings is 2. The number of anilines is 1. The van der Waals surface area contributed by atoms with Crippen LogP contribution in [0.4, 0.5) is 5.82 Å². The minimum Gasteiger partial charge on any atom is -0.393 e. The Hall–Kier alpha value is -2.86. The Kier molecular flexibility index (Phi) is 4.35. The molecular formula is C19H19N5O. The van der Waals surface area contributed by atoms with E-state index in [4.69, 9.17) is 9.97 Å². The maximum atomic E-state index is 9.76. The van der Waals surface area contributed by atoms with Gasteiger partial charge < -0.3 is 10.0 Å². The van der Waals surface area contributed by atoms with E-state index < -0.39 is 0 Å². The Bertz CT molecular complexity index is 775. The second kappa shape index (κ2) is 6.94. The molecule has 4 rings (SSSR count). The van der Waals surface area contributed by atoms with Gasteiger partial charge in [-0.2, -0.15) is 0 Å². The molecule has 0 aromatic carbocycles. The van der Waals surface area contributed by atoms with Gasteiger partial charge in [-0.25, -0.2) is 9.97 Å². The van der Waals surface area contributed by atoms with E-state index in [0.717, 1.165) is 48.6 Å². The van der Waals surface area contributed by atoms with Crippen molar-refractivity contribution in [1.29, 1.82) is 0 Å². The largest absolute Gasteiger partial charge is 0.393 e. The van der Waals surface area contributed by atoms with E-state index >= 15 is 0 Å². The monoisotopic (exact) mass is 333 g/mol. The topological polar surface area (TPSA) is 75.0 Å². The normalized spacial score (nSPS) is 15.3. The molecule has 0 radical (unpaired) electrons. The van der Waals surface area contributed by atoms with Crippen LogP contribution in [0.1, 0.15) is 12.8 Å². The quantitative estimate of drug-likeness (QED) is 0.794. The molecule has 1 saturated heterocycles. The van der Waals surface area contributed by atoms with Crippen LogP contribution in [0, 0.1) is 0 Å². The van der Waals surface area contributed by atoms with Gasteiger partial charge in [0.25, 0.3) is 0 Å². The van der Waals surface area contributed by atoms with Crippen LogP contribution >= 0.6 is 0 Å². The highest BCUT2D eigenvalue weighted by molar-refractivity contribution is 5.67. The third kappa shape index (κ3) is 3.49. The first-order chi connectivity index (χ1) is 12.3. The fourth-order valence-corrected chi connectivity index (χ4v) is 2.98. The molecule has 6 heteroatoms. The van der Waals surface area contributed by atoms with E-state index in [-0.39, 0.29) is 6.10 Å². The molecule has 3 aromatic rings. The molecule has 0 unspecified atom stereocenters. The highest BCUT2D eigenvalue weighted by Crippen LogP contribution is 2.27. The molecule has 4 heterocycles. The smallest absolute Gasteiger partial charge is 0.162 e. The van der Waals surface area contributed by atoms with E-state index in [9.17, 15) is 5.11 Å². The molecule has 0 spiro atoms. The molecule has 0 saturated carbocycles. The van der Waals surface area contributed by atoms with Gasteiger partial charge in [-0.3, -0.25) is 9.97 Å². The van der Waals surface area contributed by atoms with Gasteiger partial charge in [0.2, 0.25) is 0 Å². The van der Waals surface area contributed by atoms with Gasteiger partial charge in [0.15, 0.2) is 5.82 Å². The molecular weight excluding hydrogens is 314 g/mol. The zero-order valence-corrected chi connectivity index (χ0v) is 13.8. The molecule has 1 N–H and O–H groups in total. The summed E-state index contributed by atoms with van der Waals surface area (Å²) in [7, 11) is 0. The lowest BCUT2D eigenvalue weighted by molar-refractivity contribution is 0.145. The number of aliphatic hydroxyl groups excluding tert-OH is 1. The third-order valence-corrected chi connectivity index (χ3v) is 4.40. The molecule has 0 atom stereocenters. The average Bonchev–Trinajstić information content (AvgIpc) is 2.69.